The summed E-state index contributed by atoms with van der Waals surface area (Å²) in [6, 6.07) is 16.1. The van der Waals surface area contributed by atoms with Crippen LogP contribution >= 0.6 is 27.3 Å². The molecule has 2 aromatic carbocycles. The van der Waals surface area contributed by atoms with Gasteiger partial charge in [0.2, 0.25) is 5.91 Å². The van der Waals surface area contributed by atoms with Gasteiger partial charge in [-0.15, -0.1) is 11.3 Å². The maximum atomic E-state index is 12.5. The number of amides is 1. The van der Waals surface area contributed by atoms with Gasteiger partial charge in [0.25, 0.3) is 0 Å². The fourth-order valence-electron chi connectivity index (χ4n) is 2.93. The van der Waals surface area contributed by atoms with Crippen molar-refractivity contribution in [2.45, 2.75) is 19.8 Å². The van der Waals surface area contributed by atoms with Gasteiger partial charge in [-0.25, -0.2) is 4.98 Å². The number of carbonyl (C=O) groups is 1. The fourth-order valence-corrected chi connectivity index (χ4v) is 4.19. The molecular formula is C21H18BrN3OS. The third-order valence-corrected chi connectivity index (χ3v) is 6.01. The van der Waals surface area contributed by atoms with Crippen molar-refractivity contribution in [2.24, 2.45) is 0 Å². The molecule has 4 rings (SSSR count). The molecule has 4 nitrogen and oxygen atoms in total. The van der Waals surface area contributed by atoms with Gasteiger partial charge in [0.1, 0.15) is 0 Å². The number of anilines is 1. The maximum absolute atomic E-state index is 12.5. The highest BCUT2D eigenvalue weighted by molar-refractivity contribution is 9.10. The van der Waals surface area contributed by atoms with Gasteiger partial charge >= 0.3 is 0 Å². The third-order valence-electron chi connectivity index (χ3n) is 4.43. The molecule has 6 heteroatoms. The van der Waals surface area contributed by atoms with E-state index in [1.807, 2.05) is 40.2 Å². The van der Waals surface area contributed by atoms with Crippen molar-refractivity contribution in [3.63, 3.8) is 0 Å². The number of fused-ring (bicyclic) bond motifs is 1. The average Bonchev–Trinajstić information content (AvgIpc) is 3.26. The summed E-state index contributed by atoms with van der Waals surface area (Å²) in [5, 5.41) is 4.94. The van der Waals surface area contributed by atoms with Crippen molar-refractivity contribution in [3.8, 4) is 11.3 Å². The standard InChI is InChI=1S/C21H18BrN3OS/c1-2-14-7-9-15(10-8-14)19-12-25-16(13-27-21(25)24-19)11-20(26)23-18-6-4-3-5-17(18)22/h3-10,12-13H,2,11H2,1H3,(H,23,26). The third kappa shape index (κ3) is 3.82. The summed E-state index contributed by atoms with van der Waals surface area (Å²) in [6.45, 7) is 2.15. The Hall–Kier alpha value is -2.44. The minimum absolute atomic E-state index is 0.0517. The van der Waals surface area contributed by atoms with E-state index in [1.54, 1.807) is 11.3 Å². The Morgan fingerprint density at radius 3 is 2.70 bits per heavy atom. The van der Waals surface area contributed by atoms with Crippen LogP contribution in [-0.4, -0.2) is 15.3 Å². The van der Waals surface area contributed by atoms with Gasteiger partial charge < -0.3 is 5.32 Å². The lowest BCUT2D eigenvalue weighted by atomic mass is 10.1. The van der Waals surface area contributed by atoms with Crippen molar-refractivity contribution in [1.82, 2.24) is 9.38 Å². The molecule has 0 saturated carbocycles. The summed E-state index contributed by atoms with van der Waals surface area (Å²) >= 11 is 5.01. The van der Waals surface area contributed by atoms with Crippen LogP contribution in [0.2, 0.25) is 0 Å². The number of imidazole rings is 1. The van der Waals surface area contributed by atoms with E-state index < -0.39 is 0 Å². The van der Waals surface area contributed by atoms with E-state index in [0.29, 0.717) is 6.42 Å². The van der Waals surface area contributed by atoms with Gasteiger partial charge in [-0.1, -0.05) is 43.3 Å². The van der Waals surface area contributed by atoms with E-state index in [2.05, 4.69) is 52.4 Å². The van der Waals surface area contributed by atoms with Gasteiger partial charge in [0, 0.05) is 27.3 Å². The zero-order valence-corrected chi connectivity index (χ0v) is 17.2. The first-order valence-electron chi connectivity index (χ1n) is 8.73. The highest BCUT2D eigenvalue weighted by atomic mass is 79.9. The molecule has 0 spiro atoms. The predicted octanol–water partition coefficient (Wildman–Crippen LogP) is 5.57. The normalized spacial score (nSPS) is 11.0. The summed E-state index contributed by atoms with van der Waals surface area (Å²) in [7, 11) is 0. The summed E-state index contributed by atoms with van der Waals surface area (Å²) < 4.78 is 2.88. The minimum Gasteiger partial charge on any atom is -0.325 e. The monoisotopic (exact) mass is 439 g/mol. The molecule has 136 valence electrons. The molecule has 1 N–H and O–H groups in total. The molecule has 4 aromatic rings. The Balaban J connectivity index is 1.55. The topological polar surface area (TPSA) is 46.4 Å². The van der Waals surface area contributed by atoms with E-state index in [0.717, 1.165) is 38.5 Å². The highest BCUT2D eigenvalue weighted by Crippen LogP contribution is 2.25. The molecule has 0 unspecified atom stereocenters. The summed E-state index contributed by atoms with van der Waals surface area (Å²) in [5.74, 6) is -0.0517. The first-order chi connectivity index (χ1) is 13.1. The molecule has 0 aliphatic heterocycles. The van der Waals surface area contributed by atoms with E-state index >= 15 is 0 Å². The van der Waals surface area contributed by atoms with Gasteiger partial charge in [-0.05, 0) is 40.0 Å². The number of thiazole rings is 1. The Bertz CT molecular complexity index is 1100. The van der Waals surface area contributed by atoms with Gasteiger partial charge in [-0.2, -0.15) is 0 Å². The molecule has 0 aliphatic rings. The first-order valence-corrected chi connectivity index (χ1v) is 10.4. The summed E-state index contributed by atoms with van der Waals surface area (Å²) in [4.78, 5) is 18.1. The lowest BCUT2D eigenvalue weighted by Gasteiger charge is -2.06. The molecule has 2 heterocycles. The molecule has 0 saturated heterocycles. The molecule has 0 fully saturated rings. The van der Waals surface area contributed by atoms with E-state index in [1.165, 1.54) is 5.56 Å². The second-order valence-electron chi connectivity index (χ2n) is 6.26. The van der Waals surface area contributed by atoms with Crippen molar-refractivity contribution in [1.29, 1.82) is 0 Å². The van der Waals surface area contributed by atoms with Crippen LogP contribution in [0.5, 0.6) is 0 Å². The quantitative estimate of drug-likeness (QED) is 0.441. The van der Waals surface area contributed by atoms with Gasteiger partial charge in [0.05, 0.1) is 17.8 Å². The second-order valence-corrected chi connectivity index (χ2v) is 7.95. The smallest absolute Gasteiger partial charge is 0.230 e. The number of halogens is 1. The number of nitrogens with zero attached hydrogens (tertiary/aromatic N) is 2. The molecule has 1 amide bonds. The number of rotatable bonds is 5. The van der Waals surface area contributed by atoms with Crippen LogP contribution in [-0.2, 0) is 17.6 Å². The zero-order valence-electron chi connectivity index (χ0n) is 14.8. The van der Waals surface area contributed by atoms with E-state index in [-0.39, 0.29) is 5.91 Å². The van der Waals surface area contributed by atoms with E-state index in [9.17, 15) is 4.79 Å². The van der Waals surface area contributed by atoms with Crippen LogP contribution in [0.25, 0.3) is 16.2 Å². The van der Waals surface area contributed by atoms with Crippen molar-refractivity contribution < 1.29 is 4.79 Å². The average molecular weight is 440 g/mol. The summed E-state index contributed by atoms with van der Waals surface area (Å²) in [6.07, 6.45) is 3.33. The van der Waals surface area contributed by atoms with Crippen LogP contribution in [0.3, 0.4) is 0 Å². The first kappa shape index (κ1) is 17.9. The molecule has 27 heavy (non-hydrogen) atoms. The Labute approximate surface area is 170 Å². The molecule has 0 atom stereocenters. The van der Waals surface area contributed by atoms with Crippen LogP contribution in [0.4, 0.5) is 5.69 Å². The van der Waals surface area contributed by atoms with Crippen molar-refractivity contribution >= 4 is 43.8 Å². The number of aromatic nitrogens is 2. The highest BCUT2D eigenvalue weighted by Gasteiger charge is 2.13. The fraction of sp³-hybridized carbons (Fsp3) is 0.143. The van der Waals surface area contributed by atoms with Crippen LogP contribution in [0, 0.1) is 0 Å². The molecule has 0 radical (unpaired) electrons. The number of hydrogen-bond donors (Lipinski definition) is 1. The lowest BCUT2D eigenvalue weighted by Crippen LogP contribution is -2.15. The van der Waals surface area contributed by atoms with Crippen LogP contribution < -0.4 is 5.32 Å². The lowest BCUT2D eigenvalue weighted by molar-refractivity contribution is -0.115. The predicted molar refractivity (Wildman–Crippen MR) is 114 cm³/mol. The maximum Gasteiger partial charge on any atom is 0.230 e. The zero-order chi connectivity index (χ0) is 18.8. The minimum atomic E-state index is -0.0517. The van der Waals surface area contributed by atoms with Crippen molar-refractivity contribution in [2.75, 3.05) is 5.32 Å². The number of hydrogen-bond acceptors (Lipinski definition) is 3. The molecule has 0 aliphatic carbocycles. The molecule has 2 aromatic heterocycles. The SMILES string of the molecule is CCc1ccc(-c2cn3c(CC(=O)Nc4ccccc4Br)csc3n2)cc1. The van der Waals surface area contributed by atoms with E-state index in [4.69, 9.17) is 4.98 Å². The molecule has 0 bridgehead atoms. The Kier molecular flexibility index (Phi) is 5.09. The Morgan fingerprint density at radius 1 is 1.19 bits per heavy atom. The second kappa shape index (κ2) is 7.66. The number of nitrogens with one attached hydrogen (secondary N) is 1. The number of para-hydroxylation sites is 1. The van der Waals surface area contributed by atoms with Gasteiger partial charge in [0.15, 0.2) is 4.96 Å². The molecular weight excluding hydrogens is 422 g/mol. The van der Waals surface area contributed by atoms with Gasteiger partial charge in [-0.3, -0.25) is 9.20 Å². The largest absolute Gasteiger partial charge is 0.325 e. The number of benzene rings is 2. The van der Waals surface area contributed by atoms with Crippen LogP contribution in [0.1, 0.15) is 18.2 Å². The van der Waals surface area contributed by atoms with Crippen LogP contribution in [0.15, 0.2) is 64.6 Å². The number of aryl methyl sites for hydroxylation is 1. The van der Waals surface area contributed by atoms with Crippen molar-refractivity contribution in [3.05, 3.63) is 75.8 Å². The number of carbonyl (C=O) groups excluding carboxylic acids is 1. The Morgan fingerprint density at radius 2 is 1.96 bits per heavy atom. The summed E-state index contributed by atoms with van der Waals surface area (Å²) in [5.41, 5.74) is 5.03.